The van der Waals surface area contributed by atoms with Crippen molar-refractivity contribution >= 4 is 0 Å². The van der Waals surface area contributed by atoms with E-state index in [2.05, 4.69) is 49.1 Å². The maximum absolute atomic E-state index is 4.59. The third-order valence-corrected chi connectivity index (χ3v) is 5.46. The monoisotopic (exact) mass is 290 g/mol. The number of hydrogen-bond donors (Lipinski definition) is 1. The average Bonchev–Trinajstić information content (AvgIpc) is 3.16. The van der Waals surface area contributed by atoms with Gasteiger partial charge in [-0.25, -0.2) is 0 Å². The first-order valence-electron chi connectivity index (χ1n) is 8.26. The van der Waals surface area contributed by atoms with E-state index in [-0.39, 0.29) is 0 Å². The third-order valence-electron chi connectivity index (χ3n) is 5.46. The lowest BCUT2D eigenvalue weighted by Gasteiger charge is -2.51. The first-order valence-corrected chi connectivity index (χ1v) is 8.26. The molecule has 0 aromatic carbocycles. The summed E-state index contributed by atoms with van der Waals surface area (Å²) in [6, 6.07) is 2.70. The van der Waals surface area contributed by atoms with Gasteiger partial charge in [-0.3, -0.25) is 9.58 Å². The molecule has 2 fully saturated rings. The minimum atomic E-state index is 0.291. The first kappa shape index (κ1) is 15.0. The van der Waals surface area contributed by atoms with Crippen molar-refractivity contribution in [3.63, 3.8) is 0 Å². The summed E-state index contributed by atoms with van der Waals surface area (Å²) in [5.74, 6) is 0.856. The van der Waals surface area contributed by atoms with Crippen molar-refractivity contribution in [2.45, 2.75) is 58.7 Å². The fourth-order valence-corrected chi connectivity index (χ4v) is 3.61. The minimum Gasteiger partial charge on any atom is -0.310 e. The summed E-state index contributed by atoms with van der Waals surface area (Å²) in [7, 11) is 2.00. The molecule has 1 saturated heterocycles. The standard InChI is InChI=1S/C17H30N4/c1-16(2,3)15-11-21(10-14-8-9-20(5)19-14)17(4,12-18-15)13-6-7-13/h8-9,13,15,18H,6-7,10-12H2,1-5H3. The largest absolute Gasteiger partial charge is 0.310 e. The van der Waals surface area contributed by atoms with Crippen LogP contribution in [0.1, 0.15) is 46.2 Å². The number of rotatable bonds is 3. The second-order valence-corrected chi connectivity index (χ2v) is 8.29. The number of nitrogens with zero attached hydrogens (tertiary/aromatic N) is 3. The molecule has 1 aliphatic heterocycles. The Hall–Kier alpha value is -0.870. The Balaban J connectivity index is 1.79. The van der Waals surface area contributed by atoms with Gasteiger partial charge in [-0.05, 0) is 37.2 Å². The first-order chi connectivity index (χ1) is 9.79. The molecule has 0 spiro atoms. The topological polar surface area (TPSA) is 33.1 Å². The molecular formula is C17H30N4. The normalized spacial score (nSPS) is 31.6. The van der Waals surface area contributed by atoms with E-state index in [1.807, 2.05) is 17.9 Å². The summed E-state index contributed by atoms with van der Waals surface area (Å²) < 4.78 is 1.91. The maximum atomic E-state index is 4.59. The van der Waals surface area contributed by atoms with Crippen LogP contribution >= 0.6 is 0 Å². The summed E-state index contributed by atoms with van der Waals surface area (Å²) in [4.78, 5) is 2.69. The van der Waals surface area contributed by atoms with Crippen LogP contribution in [0, 0.1) is 11.3 Å². The molecule has 1 aromatic rings. The summed E-state index contributed by atoms with van der Waals surface area (Å²) in [5, 5.41) is 8.42. The van der Waals surface area contributed by atoms with Crippen LogP contribution in [0.25, 0.3) is 0 Å². The van der Waals surface area contributed by atoms with Crippen molar-refractivity contribution < 1.29 is 0 Å². The van der Waals surface area contributed by atoms with E-state index in [9.17, 15) is 0 Å². The van der Waals surface area contributed by atoms with Crippen LogP contribution in [0.15, 0.2) is 12.3 Å². The molecule has 3 rings (SSSR count). The molecule has 1 saturated carbocycles. The molecule has 21 heavy (non-hydrogen) atoms. The van der Waals surface area contributed by atoms with Crippen molar-refractivity contribution in [1.29, 1.82) is 0 Å². The minimum absolute atomic E-state index is 0.291. The lowest BCUT2D eigenvalue weighted by Crippen LogP contribution is -2.66. The van der Waals surface area contributed by atoms with Crippen LogP contribution in [0.4, 0.5) is 0 Å². The predicted octanol–water partition coefficient (Wildman–Crippen LogP) is 2.41. The van der Waals surface area contributed by atoms with Gasteiger partial charge in [0.1, 0.15) is 0 Å². The number of piperazine rings is 1. The van der Waals surface area contributed by atoms with Crippen LogP contribution in [-0.4, -0.2) is 39.4 Å². The molecule has 1 aromatic heterocycles. The van der Waals surface area contributed by atoms with Crippen molar-refractivity contribution in [2.24, 2.45) is 18.4 Å². The van der Waals surface area contributed by atoms with Gasteiger partial charge in [-0.1, -0.05) is 20.8 Å². The molecule has 2 aliphatic rings. The molecule has 0 radical (unpaired) electrons. The third kappa shape index (κ3) is 3.02. The molecule has 118 valence electrons. The number of aromatic nitrogens is 2. The fourth-order valence-electron chi connectivity index (χ4n) is 3.61. The fraction of sp³-hybridized carbons (Fsp3) is 0.824. The highest BCUT2D eigenvalue weighted by Crippen LogP contribution is 2.45. The van der Waals surface area contributed by atoms with Crippen LogP contribution < -0.4 is 5.32 Å². The van der Waals surface area contributed by atoms with Crippen molar-refractivity contribution in [2.75, 3.05) is 13.1 Å². The van der Waals surface area contributed by atoms with Gasteiger partial charge in [-0.2, -0.15) is 5.10 Å². The average molecular weight is 290 g/mol. The van der Waals surface area contributed by atoms with Gasteiger partial charge in [0.15, 0.2) is 0 Å². The van der Waals surface area contributed by atoms with Crippen molar-refractivity contribution in [1.82, 2.24) is 20.0 Å². The molecule has 2 unspecified atom stereocenters. The van der Waals surface area contributed by atoms with Gasteiger partial charge in [-0.15, -0.1) is 0 Å². The lowest BCUT2D eigenvalue weighted by atomic mass is 9.81. The summed E-state index contributed by atoms with van der Waals surface area (Å²) in [6.07, 6.45) is 4.82. The van der Waals surface area contributed by atoms with E-state index in [1.165, 1.54) is 18.5 Å². The van der Waals surface area contributed by atoms with Gasteiger partial charge in [0.2, 0.25) is 0 Å². The summed E-state index contributed by atoms with van der Waals surface area (Å²) in [5.41, 5.74) is 1.78. The molecular weight excluding hydrogens is 260 g/mol. The van der Waals surface area contributed by atoms with E-state index in [4.69, 9.17) is 0 Å². The van der Waals surface area contributed by atoms with E-state index in [0.717, 1.165) is 25.6 Å². The van der Waals surface area contributed by atoms with Gasteiger partial charge >= 0.3 is 0 Å². The highest BCUT2D eigenvalue weighted by molar-refractivity contribution is 5.09. The van der Waals surface area contributed by atoms with Gasteiger partial charge in [0, 0.05) is 44.5 Å². The van der Waals surface area contributed by atoms with E-state index in [0.29, 0.717) is 17.0 Å². The zero-order valence-corrected chi connectivity index (χ0v) is 14.2. The zero-order chi connectivity index (χ0) is 15.3. The van der Waals surface area contributed by atoms with Crippen LogP contribution in [0.5, 0.6) is 0 Å². The Morgan fingerprint density at radius 2 is 2.10 bits per heavy atom. The summed E-state index contributed by atoms with van der Waals surface area (Å²) >= 11 is 0. The molecule has 4 nitrogen and oxygen atoms in total. The van der Waals surface area contributed by atoms with Gasteiger partial charge in [0.05, 0.1) is 5.69 Å². The highest BCUT2D eigenvalue weighted by Gasteiger charge is 2.49. The molecule has 0 bridgehead atoms. The Labute approximate surface area is 128 Å². The van der Waals surface area contributed by atoms with Crippen molar-refractivity contribution in [3.05, 3.63) is 18.0 Å². The number of nitrogens with one attached hydrogen (secondary N) is 1. The van der Waals surface area contributed by atoms with Crippen LogP contribution in [-0.2, 0) is 13.6 Å². The molecule has 4 heteroatoms. The second kappa shape index (κ2) is 5.10. The summed E-state index contributed by atoms with van der Waals surface area (Å²) in [6.45, 7) is 12.7. The number of aryl methyl sites for hydroxylation is 1. The molecule has 2 atom stereocenters. The Morgan fingerprint density at radius 1 is 1.38 bits per heavy atom. The molecule has 0 amide bonds. The number of hydrogen-bond acceptors (Lipinski definition) is 3. The Bertz CT molecular complexity index is 497. The van der Waals surface area contributed by atoms with E-state index >= 15 is 0 Å². The van der Waals surface area contributed by atoms with Gasteiger partial charge < -0.3 is 5.32 Å². The smallest absolute Gasteiger partial charge is 0.0764 e. The highest BCUT2D eigenvalue weighted by atomic mass is 15.3. The van der Waals surface area contributed by atoms with Crippen molar-refractivity contribution in [3.8, 4) is 0 Å². The Kier molecular flexibility index (Phi) is 3.65. The van der Waals surface area contributed by atoms with E-state index < -0.39 is 0 Å². The van der Waals surface area contributed by atoms with Gasteiger partial charge in [0.25, 0.3) is 0 Å². The molecule has 2 heterocycles. The maximum Gasteiger partial charge on any atom is 0.0764 e. The predicted molar refractivity (Wildman–Crippen MR) is 86.0 cm³/mol. The van der Waals surface area contributed by atoms with Crippen LogP contribution in [0.3, 0.4) is 0 Å². The second-order valence-electron chi connectivity index (χ2n) is 8.29. The van der Waals surface area contributed by atoms with Crippen LogP contribution in [0.2, 0.25) is 0 Å². The SMILES string of the molecule is Cn1ccc(CN2CC(C(C)(C)C)NCC2(C)C2CC2)n1. The molecule has 1 aliphatic carbocycles. The van der Waals surface area contributed by atoms with E-state index in [1.54, 1.807) is 0 Å². The lowest BCUT2D eigenvalue weighted by molar-refractivity contribution is 0.00325. The zero-order valence-electron chi connectivity index (χ0n) is 14.2. The molecule has 1 N–H and O–H groups in total. The quantitative estimate of drug-likeness (QED) is 0.928. The Morgan fingerprint density at radius 3 is 2.62 bits per heavy atom.